The summed E-state index contributed by atoms with van der Waals surface area (Å²) in [5.74, 6) is -1.63. The lowest BCUT2D eigenvalue weighted by molar-refractivity contribution is -0.121. The molecule has 0 fully saturated rings. The smallest absolute Gasteiger partial charge is 0.255 e. The maximum Gasteiger partial charge on any atom is 0.255 e. The molecule has 0 radical (unpaired) electrons. The van der Waals surface area contributed by atoms with Gasteiger partial charge >= 0.3 is 0 Å². The molecule has 1 aromatic heterocycles. The van der Waals surface area contributed by atoms with Gasteiger partial charge in [-0.1, -0.05) is 66.2 Å². The van der Waals surface area contributed by atoms with Crippen molar-refractivity contribution in [3.63, 3.8) is 0 Å². The molecular weight excluding hydrogens is 453 g/mol. The van der Waals surface area contributed by atoms with E-state index in [1.165, 1.54) is 17.0 Å². The van der Waals surface area contributed by atoms with Gasteiger partial charge in [-0.05, 0) is 48.0 Å². The Labute approximate surface area is 201 Å². The molecule has 0 saturated heterocycles. The van der Waals surface area contributed by atoms with Crippen LogP contribution in [0.3, 0.4) is 0 Å². The molecule has 5 nitrogen and oxygen atoms in total. The molecule has 7 heteroatoms. The van der Waals surface area contributed by atoms with E-state index >= 15 is 0 Å². The number of nitrogens with one attached hydrogen (secondary N) is 1. The van der Waals surface area contributed by atoms with Crippen molar-refractivity contribution in [3.8, 4) is 0 Å². The first-order valence-electron chi connectivity index (χ1n) is 10.6. The Hall–Kier alpha value is -4.03. The molecule has 1 atom stereocenters. The normalized spacial score (nSPS) is 11.5. The van der Waals surface area contributed by atoms with E-state index in [2.05, 4.69) is 10.3 Å². The molecule has 34 heavy (non-hydrogen) atoms. The first-order valence-corrected chi connectivity index (χ1v) is 11.0. The van der Waals surface area contributed by atoms with E-state index in [4.69, 9.17) is 11.6 Å². The van der Waals surface area contributed by atoms with Gasteiger partial charge in [-0.25, -0.2) is 4.39 Å². The summed E-state index contributed by atoms with van der Waals surface area (Å²) in [6.45, 7) is 0.145. The van der Waals surface area contributed by atoms with E-state index in [0.717, 1.165) is 11.6 Å². The summed E-state index contributed by atoms with van der Waals surface area (Å²) in [6.07, 6.45) is 1.55. The average Bonchev–Trinajstić information content (AvgIpc) is 2.87. The predicted octanol–water partition coefficient (Wildman–Crippen LogP) is 5.90. The molecule has 0 aliphatic heterocycles. The van der Waals surface area contributed by atoms with Gasteiger partial charge in [0.2, 0.25) is 0 Å². The highest BCUT2D eigenvalue weighted by molar-refractivity contribution is 6.30. The van der Waals surface area contributed by atoms with Crippen molar-refractivity contribution in [1.29, 1.82) is 0 Å². The summed E-state index contributed by atoms with van der Waals surface area (Å²) in [7, 11) is 0. The van der Waals surface area contributed by atoms with Gasteiger partial charge in [0.25, 0.3) is 11.8 Å². The largest absolute Gasteiger partial charge is 0.321 e. The monoisotopic (exact) mass is 473 g/mol. The standard InChI is InChI=1S/C27H21ClFN3O2/c28-21-14-15-23(22(29)17-21)31-26(33)25(24-13-7-8-16-30-24)32(18-19-9-3-1-4-10-19)27(34)20-11-5-2-6-12-20/h1-17,25H,18H2,(H,31,33). The molecule has 0 aliphatic rings. The maximum atomic E-state index is 14.5. The number of rotatable bonds is 7. The van der Waals surface area contributed by atoms with Crippen molar-refractivity contribution >= 4 is 29.1 Å². The molecule has 0 saturated carbocycles. The van der Waals surface area contributed by atoms with E-state index in [1.54, 1.807) is 48.7 Å². The SMILES string of the molecule is O=C(Nc1ccc(Cl)cc1F)C(c1ccccn1)N(Cc1ccccc1)C(=O)c1ccccc1. The molecule has 1 unspecified atom stereocenters. The Kier molecular flexibility index (Phi) is 7.30. The number of aromatic nitrogens is 1. The third-order valence-corrected chi connectivity index (χ3v) is 5.43. The molecule has 1 N–H and O–H groups in total. The second-order valence-electron chi connectivity index (χ2n) is 7.56. The van der Waals surface area contributed by atoms with Crippen LogP contribution in [0.25, 0.3) is 0 Å². The highest BCUT2D eigenvalue weighted by atomic mass is 35.5. The van der Waals surface area contributed by atoms with Crippen LogP contribution >= 0.6 is 11.6 Å². The minimum Gasteiger partial charge on any atom is -0.321 e. The Morgan fingerprint density at radius 3 is 2.24 bits per heavy atom. The number of nitrogens with zero attached hydrogens (tertiary/aromatic N) is 2. The summed E-state index contributed by atoms with van der Waals surface area (Å²) in [5.41, 5.74) is 1.57. The summed E-state index contributed by atoms with van der Waals surface area (Å²) >= 11 is 5.85. The third-order valence-electron chi connectivity index (χ3n) is 5.19. The van der Waals surface area contributed by atoms with Crippen LogP contribution in [0, 0.1) is 5.82 Å². The van der Waals surface area contributed by atoms with Crippen molar-refractivity contribution in [2.45, 2.75) is 12.6 Å². The molecule has 4 aromatic rings. The lowest BCUT2D eigenvalue weighted by Gasteiger charge is -2.31. The minimum absolute atomic E-state index is 0.0397. The molecule has 0 spiro atoms. The Bertz CT molecular complexity index is 1270. The minimum atomic E-state index is -1.12. The zero-order valence-electron chi connectivity index (χ0n) is 18.1. The first kappa shape index (κ1) is 23.1. The van der Waals surface area contributed by atoms with Gasteiger partial charge in [0.05, 0.1) is 11.4 Å². The van der Waals surface area contributed by atoms with Crippen LogP contribution in [0.5, 0.6) is 0 Å². The zero-order chi connectivity index (χ0) is 23.9. The van der Waals surface area contributed by atoms with Crippen LogP contribution in [-0.2, 0) is 11.3 Å². The van der Waals surface area contributed by atoms with Crippen LogP contribution in [0.4, 0.5) is 10.1 Å². The summed E-state index contributed by atoms with van der Waals surface area (Å²) < 4.78 is 14.5. The number of amides is 2. The molecule has 1 heterocycles. The van der Waals surface area contributed by atoms with Crippen LogP contribution in [-0.4, -0.2) is 21.7 Å². The fraction of sp³-hybridized carbons (Fsp3) is 0.0741. The number of carbonyl (C=O) groups excluding carboxylic acids is 2. The van der Waals surface area contributed by atoms with Crippen LogP contribution < -0.4 is 5.32 Å². The Morgan fingerprint density at radius 1 is 0.912 bits per heavy atom. The summed E-state index contributed by atoms with van der Waals surface area (Å²) in [4.78, 5) is 33.0. The topological polar surface area (TPSA) is 62.3 Å². The molecule has 170 valence electrons. The maximum absolute atomic E-state index is 14.5. The number of anilines is 1. The molecular formula is C27H21ClFN3O2. The molecule has 0 bridgehead atoms. The summed E-state index contributed by atoms with van der Waals surface area (Å²) in [5, 5.41) is 2.81. The number of hydrogen-bond donors (Lipinski definition) is 1. The first-order chi connectivity index (χ1) is 16.5. The number of carbonyl (C=O) groups is 2. The third kappa shape index (κ3) is 5.47. The number of halogens is 2. The highest BCUT2D eigenvalue weighted by Crippen LogP contribution is 2.27. The summed E-state index contributed by atoms with van der Waals surface area (Å²) in [6, 6.07) is 26.0. The van der Waals surface area contributed by atoms with Crippen LogP contribution in [0.2, 0.25) is 5.02 Å². The quantitative estimate of drug-likeness (QED) is 0.363. The Balaban J connectivity index is 1.77. The molecule has 4 rings (SSSR count). The number of hydrogen-bond acceptors (Lipinski definition) is 3. The van der Waals surface area contributed by atoms with E-state index in [0.29, 0.717) is 11.3 Å². The van der Waals surface area contributed by atoms with Gasteiger partial charge in [0.1, 0.15) is 5.82 Å². The molecule has 0 aliphatic carbocycles. The van der Waals surface area contributed by atoms with E-state index in [9.17, 15) is 14.0 Å². The van der Waals surface area contributed by atoms with E-state index in [-0.39, 0.29) is 23.2 Å². The lowest BCUT2D eigenvalue weighted by atomic mass is 10.1. The van der Waals surface area contributed by atoms with Crippen molar-refractivity contribution < 1.29 is 14.0 Å². The van der Waals surface area contributed by atoms with Crippen molar-refractivity contribution in [3.05, 3.63) is 131 Å². The van der Waals surface area contributed by atoms with Crippen LogP contribution in [0.15, 0.2) is 103 Å². The number of pyridine rings is 1. The predicted molar refractivity (Wildman–Crippen MR) is 130 cm³/mol. The van der Waals surface area contributed by atoms with Crippen molar-refractivity contribution in [1.82, 2.24) is 9.88 Å². The van der Waals surface area contributed by atoms with E-state index < -0.39 is 17.8 Å². The van der Waals surface area contributed by atoms with E-state index in [1.807, 2.05) is 36.4 Å². The van der Waals surface area contributed by atoms with Crippen molar-refractivity contribution in [2.75, 3.05) is 5.32 Å². The van der Waals surface area contributed by atoms with Gasteiger partial charge in [-0.2, -0.15) is 0 Å². The lowest BCUT2D eigenvalue weighted by Crippen LogP contribution is -2.41. The van der Waals surface area contributed by atoms with Gasteiger partial charge in [0.15, 0.2) is 6.04 Å². The molecule has 3 aromatic carbocycles. The van der Waals surface area contributed by atoms with Gasteiger partial charge in [0, 0.05) is 23.3 Å². The fourth-order valence-electron chi connectivity index (χ4n) is 3.57. The average molecular weight is 474 g/mol. The van der Waals surface area contributed by atoms with Gasteiger partial charge in [-0.3, -0.25) is 14.6 Å². The number of benzene rings is 3. The second kappa shape index (κ2) is 10.7. The zero-order valence-corrected chi connectivity index (χ0v) is 18.8. The van der Waals surface area contributed by atoms with Crippen molar-refractivity contribution in [2.24, 2.45) is 0 Å². The molecule has 2 amide bonds. The second-order valence-corrected chi connectivity index (χ2v) is 7.99. The van der Waals surface area contributed by atoms with Gasteiger partial charge < -0.3 is 10.2 Å². The van der Waals surface area contributed by atoms with Gasteiger partial charge in [-0.15, -0.1) is 0 Å². The fourth-order valence-corrected chi connectivity index (χ4v) is 3.73. The Morgan fingerprint density at radius 2 is 1.59 bits per heavy atom. The van der Waals surface area contributed by atoms with Crippen LogP contribution in [0.1, 0.15) is 27.7 Å². The highest BCUT2D eigenvalue weighted by Gasteiger charge is 2.33.